The van der Waals surface area contributed by atoms with E-state index in [0.29, 0.717) is 6.42 Å². The second-order valence-corrected chi connectivity index (χ2v) is 4.68. The molecule has 18 heavy (non-hydrogen) atoms. The van der Waals surface area contributed by atoms with E-state index in [1.807, 2.05) is 19.0 Å². The Morgan fingerprint density at radius 2 is 2.11 bits per heavy atom. The number of aliphatic carboxylic acids is 1. The molecule has 0 aliphatic carbocycles. The van der Waals surface area contributed by atoms with Crippen molar-refractivity contribution in [2.75, 3.05) is 19.0 Å². The SMILES string of the molecule is CCc1ccc(N(C)C)c(C(N)CCC(=O)O)c1. The van der Waals surface area contributed by atoms with Crippen LogP contribution in [0.25, 0.3) is 0 Å². The molecule has 0 amide bonds. The molecule has 100 valence electrons. The van der Waals surface area contributed by atoms with Crippen LogP contribution < -0.4 is 10.6 Å². The van der Waals surface area contributed by atoms with Crippen LogP contribution in [0.1, 0.15) is 36.9 Å². The molecule has 0 bridgehead atoms. The van der Waals surface area contributed by atoms with Gasteiger partial charge in [-0.2, -0.15) is 0 Å². The molecule has 1 aromatic carbocycles. The number of hydrogen-bond donors (Lipinski definition) is 2. The molecule has 0 spiro atoms. The average molecular weight is 250 g/mol. The van der Waals surface area contributed by atoms with E-state index >= 15 is 0 Å². The van der Waals surface area contributed by atoms with Gasteiger partial charge in [0, 0.05) is 32.2 Å². The zero-order valence-electron chi connectivity index (χ0n) is 11.3. The van der Waals surface area contributed by atoms with Crippen LogP contribution in [-0.4, -0.2) is 25.2 Å². The van der Waals surface area contributed by atoms with Crippen LogP contribution in [0.5, 0.6) is 0 Å². The van der Waals surface area contributed by atoms with Gasteiger partial charge >= 0.3 is 5.97 Å². The zero-order valence-corrected chi connectivity index (χ0v) is 11.3. The number of nitrogens with zero attached hydrogens (tertiary/aromatic N) is 1. The van der Waals surface area contributed by atoms with E-state index in [2.05, 4.69) is 25.1 Å². The third kappa shape index (κ3) is 3.74. The van der Waals surface area contributed by atoms with Gasteiger partial charge in [-0.05, 0) is 30.0 Å². The molecule has 0 saturated heterocycles. The number of nitrogens with two attached hydrogens (primary N) is 1. The second-order valence-electron chi connectivity index (χ2n) is 4.68. The zero-order chi connectivity index (χ0) is 13.7. The van der Waals surface area contributed by atoms with Crippen molar-refractivity contribution in [1.82, 2.24) is 0 Å². The first-order valence-corrected chi connectivity index (χ1v) is 6.23. The minimum absolute atomic E-state index is 0.102. The molecule has 1 atom stereocenters. The van der Waals surface area contributed by atoms with E-state index in [1.54, 1.807) is 0 Å². The predicted molar refractivity (Wildman–Crippen MR) is 73.9 cm³/mol. The molecule has 1 unspecified atom stereocenters. The van der Waals surface area contributed by atoms with E-state index in [1.165, 1.54) is 5.56 Å². The van der Waals surface area contributed by atoms with Crippen LogP contribution in [0.2, 0.25) is 0 Å². The van der Waals surface area contributed by atoms with Crippen LogP contribution in [0, 0.1) is 0 Å². The molecule has 0 fully saturated rings. The fourth-order valence-corrected chi connectivity index (χ4v) is 1.96. The molecular formula is C14H22N2O2. The van der Waals surface area contributed by atoms with Crippen molar-refractivity contribution in [3.63, 3.8) is 0 Å². The lowest BCUT2D eigenvalue weighted by molar-refractivity contribution is -0.137. The molecule has 0 aromatic heterocycles. The Labute approximate surface area is 108 Å². The van der Waals surface area contributed by atoms with Crippen molar-refractivity contribution < 1.29 is 9.90 Å². The van der Waals surface area contributed by atoms with Crippen LogP contribution >= 0.6 is 0 Å². The summed E-state index contributed by atoms with van der Waals surface area (Å²) in [7, 11) is 3.93. The van der Waals surface area contributed by atoms with Gasteiger partial charge in [-0.15, -0.1) is 0 Å². The molecule has 3 N–H and O–H groups in total. The number of anilines is 1. The van der Waals surface area contributed by atoms with Crippen LogP contribution in [0.3, 0.4) is 0 Å². The maximum absolute atomic E-state index is 10.6. The predicted octanol–water partition coefficient (Wildman–Crippen LogP) is 2.18. The maximum atomic E-state index is 10.6. The highest BCUT2D eigenvalue weighted by atomic mass is 16.4. The van der Waals surface area contributed by atoms with E-state index in [4.69, 9.17) is 10.8 Å². The first kappa shape index (κ1) is 14.5. The molecule has 1 rings (SSSR count). The highest BCUT2D eigenvalue weighted by Gasteiger charge is 2.14. The summed E-state index contributed by atoms with van der Waals surface area (Å²) in [4.78, 5) is 12.6. The third-order valence-corrected chi connectivity index (χ3v) is 3.05. The lowest BCUT2D eigenvalue weighted by Gasteiger charge is -2.22. The number of hydrogen-bond acceptors (Lipinski definition) is 3. The summed E-state index contributed by atoms with van der Waals surface area (Å²) in [5, 5.41) is 8.72. The fourth-order valence-electron chi connectivity index (χ4n) is 1.96. The van der Waals surface area contributed by atoms with Crippen molar-refractivity contribution in [3.05, 3.63) is 29.3 Å². The molecule has 1 aromatic rings. The Balaban J connectivity index is 2.98. The molecule has 4 nitrogen and oxygen atoms in total. The molecule has 0 aliphatic heterocycles. The fraction of sp³-hybridized carbons (Fsp3) is 0.500. The minimum Gasteiger partial charge on any atom is -0.481 e. The Bertz CT molecular complexity index is 416. The number of carboxylic acids is 1. The largest absolute Gasteiger partial charge is 0.481 e. The van der Waals surface area contributed by atoms with Crippen LogP contribution in [0.4, 0.5) is 5.69 Å². The second kappa shape index (κ2) is 6.40. The number of carbonyl (C=O) groups is 1. The van der Waals surface area contributed by atoms with Crippen LogP contribution in [0.15, 0.2) is 18.2 Å². The van der Waals surface area contributed by atoms with Gasteiger partial charge < -0.3 is 15.7 Å². The van der Waals surface area contributed by atoms with Crippen molar-refractivity contribution in [1.29, 1.82) is 0 Å². The topological polar surface area (TPSA) is 66.6 Å². The van der Waals surface area contributed by atoms with Crippen molar-refractivity contribution in [3.8, 4) is 0 Å². The average Bonchev–Trinajstić information content (AvgIpc) is 2.34. The number of carboxylic acid groups (broad SMARTS) is 1. The Hall–Kier alpha value is -1.55. The van der Waals surface area contributed by atoms with Gasteiger partial charge in [0.05, 0.1) is 0 Å². The molecular weight excluding hydrogens is 228 g/mol. The van der Waals surface area contributed by atoms with Gasteiger partial charge in [-0.1, -0.05) is 19.1 Å². The summed E-state index contributed by atoms with van der Waals surface area (Å²) in [6.45, 7) is 2.09. The summed E-state index contributed by atoms with van der Waals surface area (Å²) < 4.78 is 0. The standard InChI is InChI=1S/C14H22N2O2/c1-4-10-5-7-13(16(2)3)11(9-10)12(15)6-8-14(17)18/h5,7,9,12H,4,6,8,15H2,1-3H3,(H,17,18). The molecule has 0 heterocycles. The summed E-state index contributed by atoms with van der Waals surface area (Å²) in [6, 6.07) is 5.99. The van der Waals surface area contributed by atoms with Crippen LogP contribution in [-0.2, 0) is 11.2 Å². The Morgan fingerprint density at radius 3 is 2.61 bits per heavy atom. The molecule has 0 aliphatic rings. The van der Waals surface area contributed by atoms with Gasteiger partial charge in [0.15, 0.2) is 0 Å². The first-order valence-electron chi connectivity index (χ1n) is 6.23. The van der Waals surface area contributed by atoms with Gasteiger partial charge in [0.1, 0.15) is 0 Å². The van der Waals surface area contributed by atoms with E-state index in [9.17, 15) is 4.79 Å². The lowest BCUT2D eigenvalue weighted by atomic mass is 9.97. The highest BCUT2D eigenvalue weighted by Crippen LogP contribution is 2.28. The highest BCUT2D eigenvalue weighted by molar-refractivity contribution is 5.67. The minimum atomic E-state index is -0.802. The molecule has 4 heteroatoms. The molecule has 0 saturated carbocycles. The van der Waals surface area contributed by atoms with Crippen molar-refractivity contribution in [2.45, 2.75) is 32.2 Å². The first-order chi connectivity index (χ1) is 8.45. The quantitative estimate of drug-likeness (QED) is 0.812. The van der Waals surface area contributed by atoms with E-state index < -0.39 is 5.97 Å². The van der Waals surface area contributed by atoms with Crippen molar-refractivity contribution >= 4 is 11.7 Å². The van der Waals surface area contributed by atoms with Gasteiger partial charge in [-0.3, -0.25) is 4.79 Å². The molecule has 0 radical (unpaired) electrons. The summed E-state index contributed by atoms with van der Waals surface area (Å²) in [5.74, 6) is -0.802. The van der Waals surface area contributed by atoms with Gasteiger partial charge in [-0.25, -0.2) is 0 Å². The summed E-state index contributed by atoms with van der Waals surface area (Å²) in [6.07, 6.45) is 1.51. The Morgan fingerprint density at radius 1 is 1.44 bits per heavy atom. The lowest BCUT2D eigenvalue weighted by Crippen LogP contribution is -2.18. The van der Waals surface area contributed by atoms with E-state index in [-0.39, 0.29) is 12.5 Å². The number of benzene rings is 1. The smallest absolute Gasteiger partial charge is 0.303 e. The van der Waals surface area contributed by atoms with Gasteiger partial charge in [0.2, 0.25) is 0 Å². The number of rotatable bonds is 6. The summed E-state index contributed by atoms with van der Waals surface area (Å²) in [5.41, 5.74) is 9.43. The van der Waals surface area contributed by atoms with E-state index in [0.717, 1.165) is 17.7 Å². The summed E-state index contributed by atoms with van der Waals surface area (Å²) >= 11 is 0. The Kier molecular flexibility index (Phi) is 5.16. The third-order valence-electron chi connectivity index (χ3n) is 3.05. The monoisotopic (exact) mass is 250 g/mol. The maximum Gasteiger partial charge on any atom is 0.303 e. The normalized spacial score (nSPS) is 12.2. The van der Waals surface area contributed by atoms with Gasteiger partial charge in [0.25, 0.3) is 0 Å². The number of aryl methyl sites for hydroxylation is 1. The van der Waals surface area contributed by atoms with Crippen molar-refractivity contribution in [2.24, 2.45) is 5.73 Å².